The first kappa shape index (κ1) is 22.8. The van der Waals surface area contributed by atoms with Crippen molar-refractivity contribution in [1.82, 2.24) is 10.2 Å². The van der Waals surface area contributed by atoms with Gasteiger partial charge in [0.1, 0.15) is 11.9 Å². The van der Waals surface area contributed by atoms with Gasteiger partial charge in [0, 0.05) is 17.8 Å². The molecular formula is C23H33N3O6. The zero-order valence-corrected chi connectivity index (χ0v) is 18.5. The van der Waals surface area contributed by atoms with Gasteiger partial charge in [0.15, 0.2) is 0 Å². The van der Waals surface area contributed by atoms with E-state index in [1.807, 2.05) is 0 Å². The number of β-amino-alcohol motifs (C(OH)–C–C–N with tert-alkyl or cyclic N) is 1. The summed E-state index contributed by atoms with van der Waals surface area (Å²) in [5.41, 5.74) is 0.612. The molecule has 4 atom stereocenters. The first-order valence-corrected chi connectivity index (χ1v) is 11.4. The van der Waals surface area contributed by atoms with E-state index < -0.39 is 6.10 Å². The van der Waals surface area contributed by atoms with Crippen LogP contribution in [0.1, 0.15) is 38.5 Å². The van der Waals surface area contributed by atoms with Gasteiger partial charge in [-0.3, -0.25) is 4.79 Å². The number of carbonyl (C=O) groups is 2. The number of carbonyl (C=O) groups excluding carboxylic acids is 2. The van der Waals surface area contributed by atoms with Gasteiger partial charge >= 0.3 is 6.03 Å². The van der Waals surface area contributed by atoms with Crippen LogP contribution in [-0.4, -0.2) is 79.2 Å². The van der Waals surface area contributed by atoms with Crippen LogP contribution in [0.5, 0.6) is 5.75 Å². The number of urea groups is 1. The fourth-order valence-electron chi connectivity index (χ4n) is 4.52. The fourth-order valence-corrected chi connectivity index (χ4v) is 4.52. The summed E-state index contributed by atoms with van der Waals surface area (Å²) in [6.45, 7) is 0.543. The van der Waals surface area contributed by atoms with Gasteiger partial charge in [-0.1, -0.05) is 6.07 Å². The summed E-state index contributed by atoms with van der Waals surface area (Å²) in [6.07, 6.45) is 3.60. The number of amides is 3. The number of hydrogen-bond donors (Lipinski definition) is 3. The number of fused-ring (bicyclic) bond motifs is 1. The molecule has 0 radical (unpaired) electrons. The molecule has 3 amide bonds. The molecule has 0 aromatic heterocycles. The normalized spacial score (nSPS) is 28.5. The third-order valence-corrected chi connectivity index (χ3v) is 6.45. The molecule has 3 fully saturated rings. The minimum Gasteiger partial charge on any atom is -0.497 e. The first-order valence-electron chi connectivity index (χ1n) is 11.4. The summed E-state index contributed by atoms with van der Waals surface area (Å²) in [7, 11) is 1.57. The number of methoxy groups -OCH3 is 1. The summed E-state index contributed by atoms with van der Waals surface area (Å²) in [6, 6.07) is 6.89. The van der Waals surface area contributed by atoms with Crippen LogP contribution in [0.4, 0.5) is 10.5 Å². The lowest BCUT2D eigenvalue weighted by molar-refractivity contribution is -0.150. The van der Waals surface area contributed by atoms with Gasteiger partial charge in [0.05, 0.1) is 51.5 Å². The number of benzene rings is 1. The van der Waals surface area contributed by atoms with E-state index in [2.05, 4.69) is 10.6 Å². The summed E-state index contributed by atoms with van der Waals surface area (Å²) < 4.78 is 17.1. The first-order chi connectivity index (χ1) is 15.5. The number of nitrogens with one attached hydrogen (secondary N) is 2. The lowest BCUT2D eigenvalue weighted by Gasteiger charge is -2.44. The van der Waals surface area contributed by atoms with Gasteiger partial charge in [0.25, 0.3) is 0 Å². The number of rotatable bonds is 5. The van der Waals surface area contributed by atoms with Gasteiger partial charge < -0.3 is 34.9 Å². The van der Waals surface area contributed by atoms with E-state index in [1.165, 1.54) is 6.42 Å². The summed E-state index contributed by atoms with van der Waals surface area (Å²) >= 11 is 0. The molecule has 0 bridgehead atoms. The van der Waals surface area contributed by atoms with Crippen molar-refractivity contribution in [3.05, 3.63) is 24.3 Å². The lowest BCUT2D eigenvalue weighted by Crippen LogP contribution is -2.58. The molecule has 1 aromatic carbocycles. The molecule has 2 aliphatic heterocycles. The topological polar surface area (TPSA) is 109 Å². The van der Waals surface area contributed by atoms with Gasteiger partial charge in [-0.15, -0.1) is 0 Å². The molecule has 1 saturated carbocycles. The molecule has 32 heavy (non-hydrogen) atoms. The number of hydrogen-bond acceptors (Lipinski definition) is 6. The van der Waals surface area contributed by atoms with Crippen molar-refractivity contribution in [3.8, 4) is 5.75 Å². The molecule has 1 aromatic rings. The number of aliphatic hydroxyl groups is 1. The van der Waals surface area contributed by atoms with Crippen molar-refractivity contribution in [2.24, 2.45) is 0 Å². The zero-order chi connectivity index (χ0) is 22.5. The highest BCUT2D eigenvalue weighted by Crippen LogP contribution is 2.29. The van der Waals surface area contributed by atoms with Crippen LogP contribution in [-0.2, 0) is 14.3 Å². The smallest absolute Gasteiger partial charge is 0.322 e. The van der Waals surface area contributed by atoms with E-state index in [0.717, 1.165) is 12.8 Å². The number of ether oxygens (including phenoxy) is 3. The molecule has 2 saturated heterocycles. The lowest BCUT2D eigenvalue weighted by atomic mass is 9.92. The molecule has 176 valence electrons. The Morgan fingerprint density at radius 2 is 2.06 bits per heavy atom. The second-order valence-electron chi connectivity index (χ2n) is 8.85. The maximum absolute atomic E-state index is 13.2. The molecule has 9 heteroatoms. The Bertz CT molecular complexity index is 802. The molecule has 1 aliphatic carbocycles. The van der Waals surface area contributed by atoms with Crippen molar-refractivity contribution >= 4 is 17.6 Å². The average Bonchev–Trinajstić information content (AvgIpc) is 2.74. The number of nitrogens with zero attached hydrogens (tertiary/aromatic N) is 1. The van der Waals surface area contributed by atoms with Crippen LogP contribution < -0.4 is 15.4 Å². The Kier molecular flexibility index (Phi) is 7.49. The van der Waals surface area contributed by atoms with Crippen LogP contribution in [0.2, 0.25) is 0 Å². The van der Waals surface area contributed by atoms with E-state index in [0.29, 0.717) is 36.7 Å². The van der Waals surface area contributed by atoms with E-state index in [9.17, 15) is 14.7 Å². The van der Waals surface area contributed by atoms with Gasteiger partial charge in [0.2, 0.25) is 5.91 Å². The SMILES string of the molecule is COc1cccc(NC(=O)N2C[C@H](O)COC[C@H]3O[C@@H](CC(=O)NC4CCC4)CC[C@@H]32)c1. The Morgan fingerprint density at radius 3 is 2.81 bits per heavy atom. The monoisotopic (exact) mass is 447 g/mol. The Labute approximate surface area is 188 Å². The van der Waals surface area contributed by atoms with Crippen LogP contribution >= 0.6 is 0 Å². The van der Waals surface area contributed by atoms with Crippen molar-refractivity contribution in [3.63, 3.8) is 0 Å². The third kappa shape index (κ3) is 5.70. The average molecular weight is 448 g/mol. The minimum atomic E-state index is -0.780. The van der Waals surface area contributed by atoms with Gasteiger partial charge in [-0.25, -0.2) is 4.79 Å². The molecule has 9 nitrogen and oxygen atoms in total. The maximum atomic E-state index is 13.2. The number of anilines is 1. The van der Waals surface area contributed by atoms with E-state index >= 15 is 0 Å². The summed E-state index contributed by atoms with van der Waals surface area (Å²) in [4.78, 5) is 27.1. The second-order valence-corrected chi connectivity index (χ2v) is 8.85. The van der Waals surface area contributed by atoms with E-state index in [4.69, 9.17) is 14.2 Å². The standard InChI is InChI=1S/C23H33N3O6/c1-30-18-7-3-6-16(10-18)25-23(29)26-12-17(27)13-31-14-21-20(26)9-8-19(32-21)11-22(28)24-15-4-2-5-15/h3,6-7,10,15,17,19-21,27H,2,4-5,8-9,11-14H2,1H3,(H,24,28)(H,25,29)/t17-,19+,20-,21+/m0/s1. The van der Waals surface area contributed by atoms with Crippen molar-refractivity contribution in [2.75, 3.05) is 32.2 Å². The highest BCUT2D eigenvalue weighted by atomic mass is 16.5. The predicted molar refractivity (Wildman–Crippen MR) is 118 cm³/mol. The van der Waals surface area contributed by atoms with Gasteiger partial charge in [-0.05, 0) is 44.2 Å². The molecule has 2 heterocycles. The summed E-state index contributed by atoms with van der Waals surface area (Å²) in [5.74, 6) is 0.666. The molecule has 0 unspecified atom stereocenters. The fraction of sp³-hybridized carbons (Fsp3) is 0.652. The molecular weight excluding hydrogens is 414 g/mol. The minimum absolute atomic E-state index is 0.0213. The quantitative estimate of drug-likeness (QED) is 0.636. The van der Waals surface area contributed by atoms with Crippen LogP contribution in [0.15, 0.2) is 24.3 Å². The van der Waals surface area contributed by atoms with Crippen LogP contribution in [0.3, 0.4) is 0 Å². The van der Waals surface area contributed by atoms with E-state index in [1.54, 1.807) is 36.3 Å². The maximum Gasteiger partial charge on any atom is 0.322 e. The Hall–Kier alpha value is -2.36. The largest absolute Gasteiger partial charge is 0.497 e. The highest BCUT2D eigenvalue weighted by molar-refractivity contribution is 5.89. The molecule has 3 aliphatic rings. The number of aliphatic hydroxyl groups excluding tert-OH is 1. The van der Waals surface area contributed by atoms with Crippen molar-refractivity contribution < 1.29 is 28.9 Å². The zero-order valence-electron chi connectivity index (χ0n) is 18.5. The molecule has 4 rings (SSSR count). The Morgan fingerprint density at radius 1 is 1.22 bits per heavy atom. The highest BCUT2D eigenvalue weighted by Gasteiger charge is 2.40. The third-order valence-electron chi connectivity index (χ3n) is 6.45. The van der Waals surface area contributed by atoms with Crippen molar-refractivity contribution in [2.45, 2.75) is 68.9 Å². The molecule has 0 spiro atoms. The Balaban J connectivity index is 1.40. The van der Waals surface area contributed by atoms with E-state index in [-0.39, 0.29) is 49.9 Å². The van der Waals surface area contributed by atoms with Crippen LogP contribution in [0.25, 0.3) is 0 Å². The second kappa shape index (κ2) is 10.5. The van der Waals surface area contributed by atoms with Gasteiger partial charge in [-0.2, -0.15) is 0 Å². The van der Waals surface area contributed by atoms with Crippen LogP contribution in [0, 0.1) is 0 Å². The predicted octanol–water partition coefficient (Wildman–Crippen LogP) is 1.90. The summed E-state index contributed by atoms with van der Waals surface area (Å²) in [5, 5.41) is 16.3. The van der Waals surface area contributed by atoms with Crippen molar-refractivity contribution in [1.29, 1.82) is 0 Å². The molecule has 3 N–H and O–H groups in total.